The van der Waals surface area contributed by atoms with Crippen molar-refractivity contribution in [2.24, 2.45) is 0 Å². The first-order valence-corrected chi connectivity index (χ1v) is 5.16. The van der Waals surface area contributed by atoms with Gasteiger partial charge in [0.2, 0.25) is 5.91 Å². The van der Waals surface area contributed by atoms with Crippen LogP contribution in [-0.2, 0) is 4.79 Å². The summed E-state index contributed by atoms with van der Waals surface area (Å²) in [6, 6.07) is 0. The molecule has 0 saturated carbocycles. The Bertz CT molecular complexity index is 165. The van der Waals surface area contributed by atoms with Gasteiger partial charge in [0.25, 0.3) is 0 Å². The fourth-order valence-corrected chi connectivity index (χ4v) is 0.994. The predicted molar refractivity (Wildman–Crippen MR) is 61.5 cm³/mol. The quantitative estimate of drug-likeness (QED) is 0.644. The van der Waals surface area contributed by atoms with Gasteiger partial charge in [-0.2, -0.15) is 0 Å². The Hall–Kier alpha value is -0.610. The van der Waals surface area contributed by atoms with Crippen molar-refractivity contribution in [1.82, 2.24) is 15.1 Å². The summed E-state index contributed by atoms with van der Waals surface area (Å²) in [5.41, 5.74) is 0. The first-order chi connectivity index (χ1) is 6.56. The Morgan fingerprint density at radius 2 is 1.86 bits per heavy atom. The highest BCUT2D eigenvalue weighted by Gasteiger charge is 2.00. The molecule has 0 aromatic heterocycles. The Labute approximate surface area is 88.7 Å². The Balaban J connectivity index is 0. The molecule has 0 aliphatic rings. The highest BCUT2D eigenvalue weighted by atomic mass is 16.1. The maximum absolute atomic E-state index is 10.9. The maximum atomic E-state index is 10.9. The van der Waals surface area contributed by atoms with Crippen LogP contribution in [0.5, 0.6) is 0 Å². The molecule has 0 bridgehead atoms. The number of nitrogens with one attached hydrogen (secondary N) is 1. The first-order valence-electron chi connectivity index (χ1n) is 5.16. The van der Waals surface area contributed by atoms with Gasteiger partial charge < -0.3 is 15.1 Å². The van der Waals surface area contributed by atoms with Crippen LogP contribution in [0, 0.1) is 0 Å². The third-order valence-electron chi connectivity index (χ3n) is 2.07. The minimum Gasteiger partial charge on any atom is -0.355 e. The molecule has 0 aromatic rings. The number of amides is 1. The second kappa shape index (κ2) is 7.76. The molecule has 0 heterocycles. The lowest BCUT2D eigenvalue weighted by atomic mass is 10.4. The van der Waals surface area contributed by atoms with Crippen molar-refractivity contribution in [3.63, 3.8) is 0 Å². The van der Waals surface area contributed by atoms with Crippen molar-refractivity contribution in [3.05, 3.63) is 0 Å². The van der Waals surface area contributed by atoms with Gasteiger partial charge in [0.1, 0.15) is 0 Å². The Morgan fingerprint density at radius 3 is 2.36 bits per heavy atom. The lowest BCUT2D eigenvalue weighted by Crippen LogP contribution is -2.35. The van der Waals surface area contributed by atoms with Gasteiger partial charge in [0, 0.05) is 34.0 Å². The zero-order valence-corrected chi connectivity index (χ0v) is 9.84. The predicted octanol–water partition coefficient (Wildman–Crippen LogP) is 0.252. The monoisotopic (exact) mass is 203 g/mol. The van der Waals surface area contributed by atoms with Gasteiger partial charge in [-0.3, -0.25) is 4.79 Å². The van der Waals surface area contributed by atoms with Crippen LogP contribution in [0.1, 0.15) is 14.8 Å². The van der Waals surface area contributed by atoms with Crippen molar-refractivity contribution in [2.45, 2.75) is 13.3 Å². The summed E-state index contributed by atoms with van der Waals surface area (Å²) in [6.45, 7) is 5.62. The van der Waals surface area contributed by atoms with Gasteiger partial charge in [0.05, 0.1) is 0 Å². The molecule has 0 spiro atoms. The standard InChI is InChI=1S/C10H23N3O.H2/c1-5-10(14)11-6-7-13(4)9-8-12(2)3;/h5-9H2,1-4H3,(H,11,14);1H. The Morgan fingerprint density at radius 1 is 1.21 bits per heavy atom. The molecule has 1 amide bonds. The molecule has 0 saturated heterocycles. The molecule has 0 rings (SSSR count). The minimum absolute atomic E-state index is 0. The van der Waals surface area contributed by atoms with E-state index in [4.69, 9.17) is 0 Å². The molecule has 0 aliphatic carbocycles. The van der Waals surface area contributed by atoms with E-state index >= 15 is 0 Å². The topological polar surface area (TPSA) is 35.6 Å². The van der Waals surface area contributed by atoms with Crippen molar-refractivity contribution >= 4 is 5.91 Å². The molecule has 14 heavy (non-hydrogen) atoms. The zero-order chi connectivity index (χ0) is 11.0. The molecule has 4 heteroatoms. The molecule has 1 N–H and O–H groups in total. The highest BCUT2D eigenvalue weighted by Crippen LogP contribution is 1.83. The number of rotatable bonds is 7. The van der Waals surface area contributed by atoms with Crippen LogP contribution < -0.4 is 5.32 Å². The van der Waals surface area contributed by atoms with E-state index in [1.54, 1.807) is 0 Å². The van der Waals surface area contributed by atoms with Crippen molar-refractivity contribution in [1.29, 1.82) is 0 Å². The zero-order valence-electron chi connectivity index (χ0n) is 9.84. The molecule has 0 atom stereocenters. The SMILES string of the molecule is CCC(=O)NCCN(C)CCN(C)C.[HH]. The number of carbonyl (C=O) groups is 1. The van der Waals surface area contributed by atoms with Crippen molar-refractivity contribution < 1.29 is 6.22 Å². The molecular weight excluding hydrogens is 178 g/mol. The molecule has 0 aliphatic heterocycles. The van der Waals surface area contributed by atoms with E-state index in [0.29, 0.717) is 6.42 Å². The van der Waals surface area contributed by atoms with Crippen LogP contribution in [0.15, 0.2) is 0 Å². The van der Waals surface area contributed by atoms with Gasteiger partial charge in [-0.25, -0.2) is 0 Å². The number of hydrogen-bond acceptors (Lipinski definition) is 3. The summed E-state index contributed by atoms with van der Waals surface area (Å²) >= 11 is 0. The molecular formula is C10H25N3O. The van der Waals surface area contributed by atoms with Gasteiger partial charge in [-0.1, -0.05) is 6.92 Å². The summed E-state index contributed by atoms with van der Waals surface area (Å²) in [5, 5.41) is 2.86. The van der Waals surface area contributed by atoms with Gasteiger partial charge >= 0.3 is 0 Å². The van der Waals surface area contributed by atoms with Gasteiger partial charge in [-0.05, 0) is 21.1 Å². The second-order valence-electron chi connectivity index (χ2n) is 3.81. The van der Waals surface area contributed by atoms with E-state index in [-0.39, 0.29) is 7.33 Å². The van der Waals surface area contributed by atoms with E-state index in [1.165, 1.54) is 0 Å². The molecule has 0 fully saturated rings. The van der Waals surface area contributed by atoms with E-state index in [2.05, 4.69) is 36.3 Å². The van der Waals surface area contributed by atoms with Crippen molar-refractivity contribution in [3.8, 4) is 0 Å². The maximum Gasteiger partial charge on any atom is 0.219 e. The fourth-order valence-electron chi connectivity index (χ4n) is 0.994. The van der Waals surface area contributed by atoms with Crippen LogP contribution >= 0.6 is 0 Å². The first kappa shape index (κ1) is 13.4. The lowest BCUT2D eigenvalue weighted by molar-refractivity contribution is -0.120. The number of hydrogen-bond donors (Lipinski definition) is 1. The van der Waals surface area contributed by atoms with E-state index in [1.807, 2.05) is 6.92 Å². The molecule has 0 radical (unpaired) electrons. The van der Waals surface area contributed by atoms with Crippen LogP contribution in [0.25, 0.3) is 0 Å². The summed E-state index contributed by atoms with van der Waals surface area (Å²) < 4.78 is 0. The van der Waals surface area contributed by atoms with Crippen LogP contribution in [0.3, 0.4) is 0 Å². The molecule has 0 unspecified atom stereocenters. The fraction of sp³-hybridized carbons (Fsp3) is 0.900. The van der Waals surface area contributed by atoms with Crippen LogP contribution in [-0.4, -0.2) is 63.0 Å². The summed E-state index contributed by atoms with van der Waals surface area (Å²) in [5.74, 6) is 0.131. The smallest absolute Gasteiger partial charge is 0.219 e. The third-order valence-corrected chi connectivity index (χ3v) is 2.07. The second-order valence-corrected chi connectivity index (χ2v) is 3.81. The average Bonchev–Trinajstić information content (AvgIpc) is 2.14. The van der Waals surface area contributed by atoms with Crippen LogP contribution in [0.4, 0.5) is 0 Å². The van der Waals surface area contributed by atoms with E-state index in [9.17, 15) is 4.79 Å². The minimum atomic E-state index is 0. The summed E-state index contributed by atoms with van der Waals surface area (Å²) in [7, 11) is 6.20. The largest absolute Gasteiger partial charge is 0.355 e. The number of likely N-dealkylation sites (N-methyl/N-ethyl adjacent to an activating group) is 2. The highest BCUT2D eigenvalue weighted by molar-refractivity contribution is 5.75. The Kier molecular flexibility index (Phi) is 7.42. The lowest BCUT2D eigenvalue weighted by Gasteiger charge is -2.19. The molecule has 86 valence electrons. The summed E-state index contributed by atoms with van der Waals surface area (Å²) in [4.78, 5) is 15.3. The average molecular weight is 203 g/mol. The van der Waals surface area contributed by atoms with Crippen LogP contribution in [0.2, 0.25) is 0 Å². The normalized spacial score (nSPS) is 11.0. The molecule has 4 nitrogen and oxygen atoms in total. The number of carbonyl (C=O) groups excluding carboxylic acids is 1. The van der Waals surface area contributed by atoms with E-state index < -0.39 is 0 Å². The van der Waals surface area contributed by atoms with Crippen molar-refractivity contribution in [2.75, 3.05) is 47.3 Å². The third kappa shape index (κ3) is 8.01. The number of nitrogens with zero attached hydrogens (tertiary/aromatic N) is 2. The molecule has 0 aromatic carbocycles. The van der Waals surface area contributed by atoms with E-state index in [0.717, 1.165) is 26.2 Å². The summed E-state index contributed by atoms with van der Waals surface area (Å²) in [6.07, 6.45) is 0.571. The van der Waals surface area contributed by atoms with Gasteiger partial charge in [-0.15, -0.1) is 0 Å². The van der Waals surface area contributed by atoms with Gasteiger partial charge in [0.15, 0.2) is 0 Å².